The molecule has 2 saturated carbocycles. The van der Waals surface area contributed by atoms with Gasteiger partial charge in [-0.1, -0.05) is 26.0 Å². The maximum absolute atomic E-state index is 13.7. The predicted octanol–water partition coefficient (Wildman–Crippen LogP) is 5.53. The second-order valence-electron chi connectivity index (χ2n) is 11.5. The highest BCUT2D eigenvalue weighted by Gasteiger charge is 2.39. The smallest absolute Gasteiger partial charge is 0.306 e. The Morgan fingerprint density at radius 1 is 0.639 bits per heavy atom. The first-order chi connectivity index (χ1) is 17.0. The zero-order valence-corrected chi connectivity index (χ0v) is 20.8. The summed E-state index contributed by atoms with van der Waals surface area (Å²) in [6.45, 7) is 4.23. The average Bonchev–Trinajstić information content (AvgIpc) is 2.87. The van der Waals surface area contributed by atoms with Crippen LogP contribution in [0.5, 0.6) is 0 Å². The molecule has 0 radical (unpaired) electrons. The first-order valence-electron chi connectivity index (χ1n) is 12.9. The van der Waals surface area contributed by atoms with E-state index in [9.17, 15) is 29.4 Å². The molecule has 0 aliphatic heterocycles. The largest absolute Gasteiger partial charge is 0.481 e. The fourth-order valence-electron chi connectivity index (χ4n) is 6.48. The van der Waals surface area contributed by atoms with E-state index in [1.165, 1.54) is 0 Å². The third-order valence-electron chi connectivity index (χ3n) is 9.29. The Morgan fingerprint density at radius 3 is 1.31 bits per heavy atom. The molecule has 3 aliphatic rings. The van der Waals surface area contributed by atoms with Crippen molar-refractivity contribution in [2.45, 2.75) is 76.0 Å². The molecule has 0 atom stereocenters. The number of hydrogen-bond donors (Lipinski definition) is 2. The molecule has 6 heteroatoms. The van der Waals surface area contributed by atoms with Crippen molar-refractivity contribution in [2.24, 2.45) is 11.8 Å². The van der Waals surface area contributed by atoms with E-state index in [1.807, 2.05) is 24.3 Å². The normalized spacial score (nSPS) is 29.8. The van der Waals surface area contributed by atoms with Gasteiger partial charge in [-0.25, -0.2) is 0 Å². The fraction of sp³-hybridized carbons (Fsp3) is 0.467. The van der Waals surface area contributed by atoms with Crippen LogP contribution in [0.4, 0.5) is 0 Å². The lowest BCUT2D eigenvalue weighted by Crippen LogP contribution is -2.33. The molecular weight excluding hydrogens is 456 g/mol. The van der Waals surface area contributed by atoms with Gasteiger partial charge in [-0.3, -0.25) is 19.2 Å². The van der Waals surface area contributed by atoms with Crippen LogP contribution >= 0.6 is 0 Å². The molecule has 5 rings (SSSR count). The molecular formula is C30H32O6. The standard InChI is InChI=1S/C30H32O6/c1-29(11-7-17(8-12-29)27(33)34)19-3-5-21-23(15-19)26(32)24-16-20(4-6-22(24)25(21)31)30(2)13-9-18(10-14-30)28(35)36/h3-6,15-18H,7-14H2,1-2H3,(H,33,34)(H,35,36). The molecule has 0 heterocycles. The summed E-state index contributed by atoms with van der Waals surface area (Å²) >= 11 is 0. The summed E-state index contributed by atoms with van der Waals surface area (Å²) in [5.74, 6) is -2.46. The molecule has 0 spiro atoms. The monoisotopic (exact) mass is 488 g/mol. The Morgan fingerprint density at radius 2 is 0.972 bits per heavy atom. The van der Waals surface area contributed by atoms with Gasteiger partial charge in [-0.15, -0.1) is 0 Å². The number of hydrogen-bond acceptors (Lipinski definition) is 4. The van der Waals surface area contributed by atoms with Gasteiger partial charge < -0.3 is 10.2 Å². The summed E-state index contributed by atoms with van der Waals surface area (Å²) in [4.78, 5) is 49.8. The Bertz CT molecular complexity index is 1180. The molecule has 0 bridgehead atoms. The van der Waals surface area contributed by atoms with Crippen molar-refractivity contribution in [1.29, 1.82) is 0 Å². The Hall–Kier alpha value is -3.28. The lowest BCUT2D eigenvalue weighted by atomic mass is 9.66. The molecule has 188 valence electrons. The van der Waals surface area contributed by atoms with Crippen LogP contribution in [0, 0.1) is 11.8 Å². The quantitative estimate of drug-likeness (QED) is 0.500. The van der Waals surface area contributed by atoms with Crippen LogP contribution in [-0.4, -0.2) is 33.7 Å². The van der Waals surface area contributed by atoms with Crippen LogP contribution in [0.25, 0.3) is 0 Å². The maximum atomic E-state index is 13.7. The van der Waals surface area contributed by atoms with Gasteiger partial charge in [-0.05, 0) is 97.6 Å². The lowest BCUT2D eigenvalue weighted by molar-refractivity contribution is -0.144. The number of carboxylic acids is 2. The van der Waals surface area contributed by atoms with Gasteiger partial charge in [0, 0.05) is 22.3 Å². The first-order valence-corrected chi connectivity index (χ1v) is 12.9. The van der Waals surface area contributed by atoms with E-state index in [-0.39, 0.29) is 34.2 Å². The van der Waals surface area contributed by atoms with Crippen molar-refractivity contribution in [3.05, 3.63) is 69.8 Å². The van der Waals surface area contributed by atoms with Crippen molar-refractivity contribution in [3.63, 3.8) is 0 Å². The van der Waals surface area contributed by atoms with Crippen molar-refractivity contribution >= 4 is 23.5 Å². The molecule has 6 nitrogen and oxygen atoms in total. The van der Waals surface area contributed by atoms with E-state index >= 15 is 0 Å². The zero-order chi connectivity index (χ0) is 25.8. The first kappa shape index (κ1) is 24.4. The van der Waals surface area contributed by atoms with E-state index in [2.05, 4.69) is 13.8 Å². The van der Waals surface area contributed by atoms with Crippen molar-refractivity contribution in [2.75, 3.05) is 0 Å². The Balaban J connectivity index is 1.45. The molecule has 0 saturated heterocycles. The van der Waals surface area contributed by atoms with Gasteiger partial charge in [0.15, 0.2) is 11.6 Å². The van der Waals surface area contributed by atoms with Crippen molar-refractivity contribution in [3.8, 4) is 0 Å². The van der Waals surface area contributed by atoms with Crippen LogP contribution in [0.15, 0.2) is 36.4 Å². The number of carbonyl (C=O) groups excluding carboxylic acids is 2. The van der Waals surface area contributed by atoms with Gasteiger partial charge in [0.2, 0.25) is 0 Å². The number of aliphatic carboxylic acids is 2. The number of fused-ring (bicyclic) bond motifs is 2. The Kier molecular flexibility index (Phi) is 5.89. The number of rotatable bonds is 4. The number of ketones is 2. The van der Waals surface area contributed by atoms with Crippen LogP contribution in [-0.2, 0) is 20.4 Å². The number of benzene rings is 2. The molecule has 0 unspecified atom stereocenters. The third kappa shape index (κ3) is 3.97. The molecule has 2 aromatic rings. The fourth-order valence-corrected chi connectivity index (χ4v) is 6.48. The summed E-state index contributed by atoms with van der Waals surface area (Å²) in [6, 6.07) is 11.1. The van der Waals surface area contributed by atoms with Gasteiger partial charge in [0.25, 0.3) is 0 Å². The van der Waals surface area contributed by atoms with E-state index in [1.54, 1.807) is 12.1 Å². The molecule has 2 fully saturated rings. The molecule has 2 aromatic carbocycles. The highest BCUT2D eigenvalue weighted by molar-refractivity contribution is 6.28. The number of carboxylic acid groups (broad SMARTS) is 2. The molecule has 0 aromatic heterocycles. The summed E-state index contributed by atoms with van der Waals surface area (Å²) in [5, 5.41) is 18.7. The molecule has 2 N–H and O–H groups in total. The third-order valence-corrected chi connectivity index (χ3v) is 9.29. The Labute approximate surface area is 210 Å². The second kappa shape index (κ2) is 8.68. The van der Waals surface area contributed by atoms with Crippen LogP contribution in [0.1, 0.15) is 108 Å². The topological polar surface area (TPSA) is 109 Å². The molecule has 0 amide bonds. The minimum atomic E-state index is -0.749. The van der Waals surface area contributed by atoms with Crippen molar-refractivity contribution < 1.29 is 29.4 Å². The highest BCUT2D eigenvalue weighted by atomic mass is 16.4. The van der Waals surface area contributed by atoms with E-state index < -0.39 is 11.9 Å². The predicted molar refractivity (Wildman–Crippen MR) is 134 cm³/mol. The van der Waals surface area contributed by atoms with Gasteiger partial charge in [0.1, 0.15) is 0 Å². The van der Waals surface area contributed by atoms with Gasteiger partial charge in [0.05, 0.1) is 11.8 Å². The average molecular weight is 489 g/mol. The molecule has 36 heavy (non-hydrogen) atoms. The summed E-state index contributed by atoms with van der Waals surface area (Å²) in [6.07, 6.45) is 5.30. The number of carbonyl (C=O) groups is 4. The van der Waals surface area contributed by atoms with Crippen LogP contribution in [0.3, 0.4) is 0 Å². The van der Waals surface area contributed by atoms with E-state index in [0.717, 1.165) is 36.8 Å². The van der Waals surface area contributed by atoms with Crippen LogP contribution < -0.4 is 0 Å². The highest BCUT2D eigenvalue weighted by Crippen LogP contribution is 2.44. The SMILES string of the molecule is CC1(c2ccc3c(c2)C(=O)c2cc(C4(C)CCC(C(=O)O)CC4)ccc2C3=O)CCC(C(=O)O)CC1. The van der Waals surface area contributed by atoms with Gasteiger partial charge >= 0.3 is 11.9 Å². The van der Waals surface area contributed by atoms with E-state index in [0.29, 0.717) is 47.9 Å². The lowest BCUT2D eigenvalue weighted by Gasteiger charge is -2.37. The molecule has 3 aliphatic carbocycles. The van der Waals surface area contributed by atoms with Crippen molar-refractivity contribution in [1.82, 2.24) is 0 Å². The maximum Gasteiger partial charge on any atom is 0.306 e. The second-order valence-corrected chi connectivity index (χ2v) is 11.5. The van der Waals surface area contributed by atoms with Gasteiger partial charge in [-0.2, -0.15) is 0 Å². The summed E-state index contributed by atoms with van der Waals surface area (Å²) in [5.41, 5.74) is 3.16. The summed E-state index contributed by atoms with van der Waals surface area (Å²) in [7, 11) is 0. The minimum absolute atomic E-state index is 0.155. The van der Waals surface area contributed by atoms with Crippen LogP contribution in [0.2, 0.25) is 0 Å². The minimum Gasteiger partial charge on any atom is -0.481 e. The van der Waals surface area contributed by atoms with E-state index in [4.69, 9.17) is 0 Å². The summed E-state index contributed by atoms with van der Waals surface area (Å²) < 4.78 is 0. The zero-order valence-electron chi connectivity index (χ0n) is 20.8.